The van der Waals surface area contributed by atoms with E-state index in [4.69, 9.17) is 0 Å². The summed E-state index contributed by atoms with van der Waals surface area (Å²) in [6.07, 6.45) is 4.38. The molecule has 96 valence electrons. The molecule has 0 spiro atoms. The van der Waals surface area contributed by atoms with Crippen LogP contribution in [0.15, 0.2) is 16.6 Å². The van der Waals surface area contributed by atoms with Gasteiger partial charge in [0.05, 0.1) is 17.0 Å². The number of nitriles is 1. The van der Waals surface area contributed by atoms with Gasteiger partial charge in [0.2, 0.25) is 0 Å². The van der Waals surface area contributed by atoms with Crippen LogP contribution in [-0.4, -0.2) is 4.57 Å². The van der Waals surface area contributed by atoms with Crippen molar-refractivity contribution in [3.8, 4) is 6.07 Å². The van der Waals surface area contributed by atoms with Crippen LogP contribution in [0.1, 0.15) is 36.1 Å². The van der Waals surface area contributed by atoms with E-state index in [2.05, 4.69) is 45.6 Å². The van der Waals surface area contributed by atoms with Crippen LogP contribution < -0.4 is 0 Å². The van der Waals surface area contributed by atoms with Crippen molar-refractivity contribution in [2.45, 2.75) is 44.6 Å². The normalized spacial score (nSPS) is 19.4. The van der Waals surface area contributed by atoms with Crippen LogP contribution in [0.4, 0.5) is 0 Å². The lowest BCUT2D eigenvalue weighted by molar-refractivity contribution is 0.621. The summed E-state index contributed by atoms with van der Waals surface area (Å²) >= 11 is 3.74. The fourth-order valence-electron chi connectivity index (χ4n) is 3.43. The van der Waals surface area contributed by atoms with Crippen molar-refractivity contribution in [3.05, 3.63) is 33.4 Å². The van der Waals surface area contributed by atoms with E-state index in [9.17, 15) is 5.26 Å². The summed E-state index contributed by atoms with van der Waals surface area (Å²) in [6, 6.07) is 7.06. The Labute approximate surface area is 121 Å². The van der Waals surface area contributed by atoms with Gasteiger partial charge in [0.25, 0.3) is 0 Å². The molecule has 19 heavy (non-hydrogen) atoms. The molecule has 1 fully saturated rings. The molecule has 0 saturated heterocycles. The van der Waals surface area contributed by atoms with Gasteiger partial charge in [0.1, 0.15) is 0 Å². The highest BCUT2D eigenvalue weighted by Gasteiger charge is 2.45. The minimum Gasteiger partial charge on any atom is -0.343 e. The fourth-order valence-corrected chi connectivity index (χ4v) is 3.94. The maximum atomic E-state index is 9.42. The Kier molecular flexibility index (Phi) is 2.21. The summed E-state index contributed by atoms with van der Waals surface area (Å²) in [7, 11) is 0. The van der Waals surface area contributed by atoms with E-state index < -0.39 is 0 Å². The Balaban J connectivity index is 2.07. The van der Waals surface area contributed by atoms with Crippen LogP contribution in [0.25, 0.3) is 10.9 Å². The molecule has 1 aliphatic carbocycles. The van der Waals surface area contributed by atoms with Gasteiger partial charge in [-0.1, -0.05) is 6.07 Å². The van der Waals surface area contributed by atoms with E-state index in [1.54, 1.807) is 0 Å². The summed E-state index contributed by atoms with van der Waals surface area (Å²) in [5.74, 6) is 0. The highest BCUT2D eigenvalue weighted by atomic mass is 79.9. The quantitative estimate of drug-likeness (QED) is 0.775. The molecular formula is C16H15BrN2. The van der Waals surface area contributed by atoms with Gasteiger partial charge in [-0.15, -0.1) is 0 Å². The number of aryl methyl sites for hydroxylation is 2. The Hall–Kier alpha value is -1.27. The first-order chi connectivity index (χ1) is 9.16. The van der Waals surface area contributed by atoms with Crippen molar-refractivity contribution in [1.82, 2.24) is 4.57 Å². The average Bonchev–Trinajstić information content (AvgIpc) is 3.20. The van der Waals surface area contributed by atoms with Crippen LogP contribution in [0, 0.1) is 18.3 Å². The van der Waals surface area contributed by atoms with Gasteiger partial charge in [-0.3, -0.25) is 0 Å². The third-order valence-electron chi connectivity index (χ3n) is 4.76. The van der Waals surface area contributed by atoms with Crippen molar-refractivity contribution >= 4 is 26.8 Å². The lowest BCUT2D eigenvalue weighted by Crippen LogP contribution is -2.10. The van der Waals surface area contributed by atoms with Crippen molar-refractivity contribution in [2.24, 2.45) is 0 Å². The average molecular weight is 315 g/mol. The number of hydrogen-bond acceptors (Lipinski definition) is 1. The smallest absolute Gasteiger partial charge is 0.0824 e. The second kappa shape index (κ2) is 3.64. The van der Waals surface area contributed by atoms with E-state index in [-0.39, 0.29) is 5.41 Å². The number of aromatic nitrogens is 1. The maximum Gasteiger partial charge on any atom is 0.0824 e. The monoisotopic (exact) mass is 314 g/mol. The van der Waals surface area contributed by atoms with Gasteiger partial charge in [0, 0.05) is 22.1 Å². The predicted molar refractivity (Wildman–Crippen MR) is 79.2 cm³/mol. The van der Waals surface area contributed by atoms with Gasteiger partial charge in [-0.25, -0.2) is 0 Å². The summed E-state index contributed by atoms with van der Waals surface area (Å²) < 4.78 is 3.63. The zero-order chi connectivity index (χ0) is 13.2. The van der Waals surface area contributed by atoms with Crippen molar-refractivity contribution in [3.63, 3.8) is 0 Å². The van der Waals surface area contributed by atoms with E-state index >= 15 is 0 Å². The van der Waals surface area contributed by atoms with Crippen LogP contribution in [0.3, 0.4) is 0 Å². The van der Waals surface area contributed by atoms with Crippen molar-refractivity contribution < 1.29 is 0 Å². The van der Waals surface area contributed by atoms with Crippen LogP contribution >= 0.6 is 15.9 Å². The molecule has 1 saturated carbocycles. The molecule has 4 rings (SSSR count). The van der Waals surface area contributed by atoms with E-state index in [0.717, 1.165) is 25.8 Å². The lowest BCUT2D eigenvalue weighted by Gasteiger charge is -2.19. The zero-order valence-corrected chi connectivity index (χ0v) is 12.5. The zero-order valence-electron chi connectivity index (χ0n) is 11.0. The SMILES string of the molecule is Cc1c(Br)c2cc(C3(C#N)CC3)cc3c2n1CCC3. The Morgan fingerprint density at radius 3 is 2.84 bits per heavy atom. The standard InChI is InChI=1S/C16H15BrN2/c1-10-14(17)13-8-12(16(9-18)4-5-16)7-11-3-2-6-19(10)15(11)13/h7-8H,2-6H2,1H3. The number of rotatable bonds is 1. The van der Waals surface area contributed by atoms with Crippen LogP contribution in [0.5, 0.6) is 0 Å². The number of hydrogen-bond donors (Lipinski definition) is 0. The first-order valence-electron chi connectivity index (χ1n) is 6.89. The molecule has 0 bridgehead atoms. The molecule has 0 unspecified atom stereocenters. The number of halogens is 1. The molecule has 0 radical (unpaired) electrons. The molecular weight excluding hydrogens is 300 g/mol. The topological polar surface area (TPSA) is 28.7 Å². The third-order valence-corrected chi connectivity index (χ3v) is 5.76. The van der Waals surface area contributed by atoms with Gasteiger partial charge in [0.15, 0.2) is 0 Å². The minimum atomic E-state index is -0.183. The molecule has 2 heterocycles. The Morgan fingerprint density at radius 2 is 2.16 bits per heavy atom. The Bertz CT molecular complexity index is 744. The van der Waals surface area contributed by atoms with Gasteiger partial charge in [-0.05, 0) is 65.7 Å². The number of benzene rings is 1. The molecule has 2 aliphatic rings. The second-order valence-electron chi connectivity index (χ2n) is 5.88. The fraction of sp³-hybridized carbons (Fsp3) is 0.438. The maximum absolute atomic E-state index is 9.42. The summed E-state index contributed by atoms with van der Waals surface area (Å²) in [5, 5.41) is 10.7. The van der Waals surface area contributed by atoms with E-state index in [1.807, 2.05) is 0 Å². The minimum absolute atomic E-state index is 0.183. The third kappa shape index (κ3) is 1.41. The molecule has 1 aromatic carbocycles. The van der Waals surface area contributed by atoms with Crippen LogP contribution in [-0.2, 0) is 18.4 Å². The molecule has 1 aromatic heterocycles. The largest absolute Gasteiger partial charge is 0.343 e. The summed E-state index contributed by atoms with van der Waals surface area (Å²) in [4.78, 5) is 0. The first kappa shape index (κ1) is 11.5. The van der Waals surface area contributed by atoms with E-state index in [0.29, 0.717) is 0 Å². The highest BCUT2D eigenvalue weighted by molar-refractivity contribution is 9.10. The molecule has 1 aliphatic heterocycles. The Morgan fingerprint density at radius 1 is 1.37 bits per heavy atom. The molecule has 3 heteroatoms. The molecule has 0 amide bonds. The molecule has 2 nitrogen and oxygen atoms in total. The van der Waals surface area contributed by atoms with Crippen LogP contribution in [0.2, 0.25) is 0 Å². The van der Waals surface area contributed by atoms with Gasteiger partial charge in [-0.2, -0.15) is 5.26 Å². The predicted octanol–water partition coefficient (Wildman–Crippen LogP) is 4.21. The highest BCUT2D eigenvalue weighted by Crippen LogP contribution is 2.49. The lowest BCUT2D eigenvalue weighted by atomic mass is 9.92. The first-order valence-corrected chi connectivity index (χ1v) is 7.68. The van der Waals surface area contributed by atoms with Crippen molar-refractivity contribution in [1.29, 1.82) is 5.26 Å². The second-order valence-corrected chi connectivity index (χ2v) is 6.67. The molecule has 0 N–H and O–H groups in total. The van der Waals surface area contributed by atoms with E-state index in [1.165, 1.54) is 38.6 Å². The summed E-state index contributed by atoms with van der Waals surface area (Å²) in [6.45, 7) is 3.29. The molecule has 2 aromatic rings. The molecule has 0 atom stereocenters. The van der Waals surface area contributed by atoms with Gasteiger partial charge < -0.3 is 4.57 Å². The number of nitrogens with zero attached hydrogens (tertiary/aromatic N) is 2. The summed E-state index contributed by atoms with van der Waals surface area (Å²) in [5.41, 5.74) is 5.17. The van der Waals surface area contributed by atoms with Crippen molar-refractivity contribution in [2.75, 3.05) is 0 Å². The van der Waals surface area contributed by atoms with Gasteiger partial charge >= 0.3 is 0 Å².